The Kier molecular flexibility index (Phi) is 5.37. The molecule has 0 unspecified atom stereocenters. The predicted molar refractivity (Wildman–Crippen MR) is 61.4 cm³/mol. The minimum absolute atomic E-state index is 0.0793. The van der Waals surface area contributed by atoms with E-state index in [0.717, 1.165) is 10.7 Å². The van der Waals surface area contributed by atoms with E-state index in [1.165, 1.54) is 25.6 Å². The Morgan fingerprint density at radius 1 is 1.56 bits per heavy atom. The lowest BCUT2D eigenvalue weighted by atomic mass is 10.3. The van der Waals surface area contributed by atoms with E-state index in [-0.39, 0.29) is 5.91 Å². The number of hydrogen-bond donors (Lipinski definition) is 1. The lowest BCUT2D eigenvalue weighted by molar-refractivity contribution is -0.126. The van der Waals surface area contributed by atoms with E-state index < -0.39 is 6.29 Å². The molecule has 1 aromatic rings. The minimum atomic E-state index is -0.402. The number of nitrogens with zero attached hydrogens (tertiary/aromatic N) is 1. The average molecular weight is 244 g/mol. The molecule has 0 saturated heterocycles. The molecule has 5 nitrogen and oxygen atoms in total. The number of thiazole rings is 1. The Bertz CT molecular complexity index is 337. The van der Waals surface area contributed by atoms with Crippen molar-refractivity contribution >= 4 is 17.2 Å². The van der Waals surface area contributed by atoms with Crippen molar-refractivity contribution in [1.29, 1.82) is 0 Å². The number of ether oxygens (including phenoxy) is 2. The Balaban J connectivity index is 2.31. The molecule has 0 aliphatic rings. The number of methoxy groups -OCH3 is 2. The van der Waals surface area contributed by atoms with E-state index in [0.29, 0.717) is 13.0 Å². The summed E-state index contributed by atoms with van der Waals surface area (Å²) in [6, 6.07) is 0. The molecule has 1 aromatic heterocycles. The monoisotopic (exact) mass is 244 g/mol. The van der Waals surface area contributed by atoms with Crippen molar-refractivity contribution in [2.45, 2.75) is 19.6 Å². The van der Waals surface area contributed by atoms with Crippen LogP contribution >= 0.6 is 11.3 Å². The molecule has 6 heteroatoms. The van der Waals surface area contributed by atoms with Crippen molar-refractivity contribution in [2.75, 3.05) is 20.8 Å². The molecule has 0 aromatic carbocycles. The van der Waals surface area contributed by atoms with E-state index in [2.05, 4.69) is 10.3 Å². The Morgan fingerprint density at radius 2 is 2.25 bits per heavy atom. The topological polar surface area (TPSA) is 60.5 Å². The lowest BCUT2D eigenvalue weighted by Gasteiger charge is -2.13. The molecular formula is C10H16N2O3S. The average Bonchev–Trinajstić information content (AvgIpc) is 2.65. The van der Waals surface area contributed by atoms with Crippen LogP contribution in [-0.4, -0.2) is 37.9 Å². The number of amides is 1. The van der Waals surface area contributed by atoms with E-state index in [1.807, 2.05) is 12.3 Å². The third-order valence-corrected chi connectivity index (χ3v) is 2.82. The molecular weight excluding hydrogens is 228 g/mol. The number of carbonyl (C=O) groups is 1. The van der Waals surface area contributed by atoms with Gasteiger partial charge < -0.3 is 14.8 Å². The maximum Gasteiger partial charge on any atom is 0.226 e. The summed E-state index contributed by atoms with van der Waals surface area (Å²) >= 11 is 1.54. The van der Waals surface area contributed by atoms with Gasteiger partial charge in [-0.25, -0.2) is 4.98 Å². The molecule has 0 fully saturated rings. The number of aryl methyl sites for hydroxylation is 1. The van der Waals surface area contributed by atoms with Crippen molar-refractivity contribution in [3.05, 3.63) is 16.1 Å². The Morgan fingerprint density at radius 3 is 2.75 bits per heavy atom. The van der Waals surface area contributed by atoms with Gasteiger partial charge in [-0.15, -0.1) is 11.3 Å². The summed E-state index contributed by atoms with van der Waals surface area (Å²) < 4.78 is 9.91. The van der Waals surface area contributed by atoms with Gasteiger partial charge in [-0.3, -0.25) is 4.79 Å². The van der Waals surface area contributed by atoms with E-state index in [9.17, 15) is 4.79 Å². The highest BCUT2D eigenvalue weighted by Crippen LogP contribution is 2.08. The van der Waals surface area contributed by atoms with Crippen molar-refractivity contribution < 1.29 is 14.3 Å². The molecule has 0 radical (unpaired) electrons. The van der Waals surface area contributed by atoms with Gasteiger partial charge in [-0.2, -0.15) is 0 Å². The van der Waals surface area contributed by atoms with Crippen LogP contribution in [0.25, 0.3) is 0 Å². The smallest absolute Gasteiger partial charge is 0.226 e. The summed E-state index contributed by atoms with van der Waals surface area (Å²) in [6.45, 7) is 2.26. The van der Waals surface area contributed by atoms with Gasteiger partial charge in [0.1, 0.15) is 0 Å². The molecule has 1 amide bonds. The fraction of sp³-hybridized carbons (Fsp3) is 0.600. The molecule has 1 rings (SSSR count). The maximum atomic E-state index is 11.5. The quantitative estimate of drug-likeness (QED) is 0.749. The van der Waals surface area contributed by atoms with Gasteiger partial charge in [0.05, 0.1) is 23.7 Å². The fourth-order valence-corrected chi connectivity index (χ4v) is 1.79. The van der Waals surface area contributed by atoms with E-state index in [1.54, 1.807) is 0 Å². The number of carbonyl (C=O) groups excluding carboxylic acids is 1. The van der Waals surface area contributed by atoms with Gasteiger partial charge in [0.2, 0.25) is 5.91 Å². The zero-order valence-electron chi connectivity index (χ0n) is 9.65. The summed E-state index contributed by atoms with van der Waals surface area (Å²) in [5.41, 5.74) is 0.798. The SMILES string of the molecule is COC(CNC(=O)Cc1csc(C)n1)OC. The Labute approximate surface area is 98.8 Å². The predicted octanol–water partition coefficient (Wildman–Crippen LogP) is 0.729. The molecule has 0 aliphatic carbocycles. The molecule has 0 aliphatic heterocycles. The highest BCUT2D eigenvalue weighted by Gasteiger charge is 2.09. The highest BCUT2D eigenvalue weighted by atomic mass is 32.1. The molecule has 16 heavy (non-hydrogen) atoms. The number of rotatable bonds is 6. The first-order chi connectivity index (χ1) is 7.65. The first-order valence-corrected chi connectivity index (χ1v) is 5.77. The largest absolute Gasteiger partial charge is 0.354 e. The van der Waals surface area contributed by atoms with Crippen LogP contribution in [0.4, 0.5) is 0 Å². The molecule has 0 saturated carbocycles. The Hall–Kier alpha value is -0.980. The van der Waals surface area contributed by atoms with Gasteiger partial charge in [-0.1, -0.05) is 0 Å². The normalized spacial score (nSPS) is 10.8. The summed E-state index contributed by atoms with van der Waals surface area (Å²) in [5, 5.41) is 5.57. The van der Waals surface area contributed by atoms with Crippen LogP contribution in [-0.2, 0) is 20.7 Å². The number of hydrogen-bond acceptors (Lipinski definition) is 5. The third kappa shape index (κ3) is 4.26. The number of aromatic nitrogens is 1. The first kappa shape index (κ1) is 13.1. The van der Waals surface area contributed by atoms with Gasteiger partial charge in [0.25, 0.3) is 0 Å². The minimum Gasteiger partial charge on any atom is -0.354 e. The number of nitrogens with one attached hydrogen (secondary N) is 1. The van der Waals surface area contributed by atoms with Gasteiger partial charge in [0, 0.05) is 19.6 Å². The van der Waals surface area contributed by atoms with E-state index in [4.69, 9.17) is 9.47 Å². The van der Waals surface area contributed by atoms with Crippen LogP contribution in [0, 0.1) is 6.92 Å². The third-order valence-electron chi connectivity index (χ3n) is 2.00. The summed E-state index contributed by atoms with van der Waals surface area (Å²) in [5.74, 6) is -0.0793. The molecule has 1 heterocycles. The maximum absolute atomic E-state index is 11.5. The van der Waals surface area contributed by atoms with Crippen LogP contribution in [0.1, 0.15) is 10.7 Å². The molecule has 0 atom stereocenters. The first-order valence-electron chi connectivity index (χ1n) is 4.89. The second-order valence-electron chi connectivity index (χ2n) is 3.24. The van der Waals surface area contributed by atoms with Crippen LogP contribution in [0.2, 0.25) is 0 Å². The van der Waals surface area contributed by atoms with Crippen LogP contribution in [0.3, 0.4) is 0 Å². The summed E-state index contributed by atoms with van der Waals surface area (Å²) in [6.07, 6.45) is -0.106. The van der Waals surface area contributed by atoms with Gasteiger partial charge in [0.15, 0.2) is 6.29 Å². The standard InChI is InChI=1S/C10H16N2O3S/c1-7-12-8(6-16-7)4-9(13)11-5-10(14-2)15-3/h6,10H,4-5H2,1-3H3,(H,11,13). The van der Waals surface area contributed by atoms with E-state index >= 15 is 0 Å². The van der Waals surface area contributed by atoms with Crippen molar-refractivity contribution in [2.24, 2.45) is 0 Å². The summed E-state index contributed by atoms with van der Waals surface area (Å²) in [4.78, 5) is 15.7. The van der Waals surface area contributed by atoms with Crippen molar-refractivity contribution in [3.63, 3.8) is 0 Å². The molecule has 0 spiro atoms. The van der Waals surface area contributed by atoms with Crippen LogP contribution in [0.5, 0.6) is 0 Å². The van der Waals surface area contributed by atoms with Gasteiger partial charge >= 0.3 is 0 Å². The fourth-order valence-electron chi connectivity index (χ4n) is 1.18. The molecule has 90 valence electrons. The molecule has 0 bridgehead atoms. The van der Waals surface area contributed by atoms with Crippen molar-refractivity contribution in [1.82, 2.24) is 10.3 Å². The van der Waals surface area contributed by atoms with Crippen LogP contribution in [0.15, 0.2) is 5.38 Å². The second-order valence-corrected chi connectivity index (χ2v) is 4.30. The highest BCUT2D eigenvalue weighted by molar-refractivity contribution is 7.09. The second kappa shape index (κ2) is 6.57. The summed E-state index contributed by atoms with van der Waals surface area (Å²) in [7, 11) is 3.06. The van der Waals surface area contributed by atoms with Gasteiger partial charge in [-0.05, 0) is 6.92 Å². The van der Waals surface area contributed by atoms with Crippen LogP contribution < -0.4 is 5.32 Å². The molecule has 1 N–H and O–H groups in total. The zero-order chi connectivity index (χ0) is 12.0. The lowest BCUT2D eigenvalue weighted by Crippen LogP contribution is -2.35. The zero-order valence-corrected chi connectivity index (χ0v) is 10.5. The van der Waals surface area contributed by atoms with Crippen molar-refractivity contribution in [3.8, 4) is 0 Å².